The molecule has 0 aliphatic rings. The molecule has 0 atom stereocenters. The van der Waals surface area contributed by atoms with E-state index in [-0.39, 0.29) is 31.6 Å². The summed E-state index contributed by atoms with van der Waals surface area (Å²) >= 11 is 0. The van der Waals surface area contributed by atoms with Gasteiger partial charge in [0.2, 0.25) is 0 Å². The number of aromatic nitrogens is 1. The Balaban J connectivity index is 0.000000456. The fraction of sp³-hybridized carbons (Fsp3) is 0.280. The van der Waals surface area contributed by atoms with Crippen molar-refractivity contribution in [1.82, 2.24) is 4.98 Å². The van der Waals surface area contributed by atoms with Crippen molar-refractivity contribution in [1.29, 1.82) is 0 Å². The maximum Gasteiger partial charge on any atom is 0.155 e. The molecular formula is C25H28IrNO2-. The first kappa shape index (κ1) is 24.7. The first-order valence-corrected chi connectivity index (χ1v) is 9.34. The summed E-state index contributed by atoms with van der Waals surface area (Å²) in [6, 6.07) is 14.4. The van der Waals surface area contributed by atoms with E-state index in [0.29, 0.717) is 0 Å². The van der Waals surface area contributed by atoms with Gasteiger partial charge in [-0.15, -0.1) is 34.9 Å². The molecule has 0 spiro atoms. The number of hydrogen-bond donors (Lipinski definition) is 1. The molecule has 0 aliphatic heterocycles. The number of carbonyl (C=O) groups is 1. The fourth-order valence-corrected chi connectivity index (χ4v) is 3.14. The Morgan fingerprint density at radius 3 is 2.03 bits per heavy atom. The van der Waals surface area contributed by atoms with Gasteiger partial charge in [-0.25, -0.2) is 0 Å². The van der Waals surface area contributed by atoms with Gasteiger partial charge in [0.15, 0.2) is 5.78 Å². The van der Waals surface area contributed by atoms with Crippen molar-refractivity contribution in [3.05, 3.63) is 76.1 Å². The molecule has 0 unspecified atom stereocenters. The van der Waals surface area contributed by atoms with Gasteiger partial charge in [0.1, 0.15) is 0 Å². The zero-order chi connectivity index (χ0) is 21.0. The minimum atomic E-state index is -0.125. The van der Waals surface area contributed by atoms with Crippen LogP contribution in [0.5, 0.6) is 0 Å². The number of nitrogens with zero attached hydrogens (tertiary/aromatic N) is 1. The number of aliphatic hydroxyl groups is 1. The van der Waals surface area contributed by atoms with Gasteiger partial charge < -0.3 is 5.11 Å². The molecule has 0 amide bonds. The predicted octanol–water partition coefficient (Wildman–Crippen LogP) is 6.28. The van der Waals surface area contributed by atoms with Crippen LogP contribution in [0.15, 0.2) is 42.2 Å². The number of carbonyl (C=O) groups excluding carboxylic acids is 1. The van der Waals surface area contributed by atoms with Crippen LogP contribution in [0.1, 0.15) is 41.7 Å². The minimum Gasteiger partial charge on any atom is -0.512 e. The summed E-state index contributed by atoms with van der Waals surface area (Å²) < 4.78 is 0. The third-order valence-electron chi connectivity index (χ3n) is 4.44. The van der Waals surface area contributed by atoms with Gasteiger partial charge in [-0.1, -0.05) is 25.5 Å². The quantitative estimate of drug-likeness (QED) is 0.226. The Kier molecular flexibility index (Phi) is 8.94. The standard InChI is InChI=1S/C20H20N.C5H8O2.Ir/c1-12-6-13(2)8-18(7-12)20-16(5)10-17-9-14(3)15(4)11-19(17)21-20;1-4(6)3-5(2)7;/h6-7,9-11H,1-5H3;3,6H,1-2H3;/q-1;;/b;4-3-;. The zero-order valence-corrected chi connectivity index (χ0v) is 20.5. The Morgan fingerprint density at radius 1 is 0.931 bits per heavy atom. The van der Waals surface area contributed by atoms with Gasteiger partial charge in [0, 0.05) is 26.2 Å². The Labute approximate surface area is 187 Å². The van der Waals surface area contributed by atoms with E-state index in [2.05, 4.69) is 71.0 Å². The summed E-state index contributed by atoms with van der Waals surface area (Å²) in [5.74, 6) is -0.0625. The van der Waals surface area contributed by atoms with Crippen LogP contribution in [0, 0.1) is 40.7 Å². The SMILES string of the molecule is CC(=O)/C=C(/C)O.Cc1[c-]c(-c2nc3cc(C)c(C)cc3cc2C)cc(C)c1.[Ir]. The fourth-order valence-electron chi connectivity index (χ4n) is 3.14. The number of fused-ring (bicyclic) bond motifs is 1. The molecule has 1 radical (unpaired) electrons. The topological polar surface area (TPSA) is 50.2 Å². The summed E-state index contributed by atoms with van der Waals surface area (Å²) in [5, 5.41) is 9.57. The molecule has 0 aliphatic carbocycles. The van der Waals surface area contributed by atoms with E-state index in [1.807, 2.05) is 0 Å². The van der Waals surface area contributed by atoms with Crippen molar-refractivity contribution in [2.24, 2.45) is 0 Å². The number of aryl methyl sites for hydroxylation is 5. The van der Waals surface area contributed by atoms with Gasteiger partial charge in [-0.3, -0.25) is 9.78 Å². The van der Waals surface area contributed by atoms with Crippen LogP contribution in [-0.4, -0.2) is 15.9 Å². The molecule has 3 aromatic rings. The second-order valence-electron chi connectivity index (χ2n) is 7.43. The van der Waals surface area contributed by atoms with E-state index in [1.54, 1.807) is 0 Å². The van der Waals surface area contributed by atoms with Crippen molar-refractivity contribution in [3.8, 4) is 11.3 Å². The van der Waals surface area contributed by atoms with Crippen LogP contribution < -0.4 is 0 Å². The molecule has 29 heavy (non-hydrogen) atoms. The largest absolute Gasteiger partial charge is 0.512 e. The predicted molar refractivity (Wildman–Crippen MR) is 117 cm³/mol. The smallest absolute Gasteiger partial charge is 0.155 e. The van der Waals surface area contributed by atoms with Crippen LogP contribution >= 0.6 is 0 Å². The molecule has 4 heteroatoms. The second kappa shape index (κ2) is 10.5. The van der Waals surface area contributed by atoms with Gasteiger partial charge in [0.05, 0.1) is 11.3 Å². The minimum absolute atomic E-state index is 0. The van der Waals surface area contributed by atoms with Crippen LogP contribution in [-0.2, 0) is 24.9 Å². The van der Waals surface area contributed by atoms with Crippen molar-refractivity contribution >= 4 is 16.7 Å². The number of aliphatic hydroxyl groups excluding tert-OH is 1. The van der Waals surface area contributed by atoms with Gasteiger partial charge in [0.25, 0.3) is 0 Å². The van der Waals surface area contributed by atoms with Gasteiger partial charge in [-0.2, -0.15) is 0 Å². The summed E-state index contributed by atoms with van der Waals surface area (Å²) in [6.07, 6.45) is 1.17. The summed E-state index contributed by atoms with van der Waals surface area (Å²) in [6.45, 7) is 13.5. The van der Waals surface area contributed by atoms with E-state index in [4.69, 9.17) is 10.1 Å². The van der Waals surface area contributed by atoms with Gasteiger partial charge in [-0.05, 0) is 69.0 Å². The van der Waals surface area contributed by atoms with E-state index in [9.17, 15) is 4.79 Å². The first-order valence-electron chi connectivity index (χ1n) is 9.34. The average Bonchev–Trinajstić information content (AvgIpc) is 2.54. The van der Waals surface area contributed by atoms with Crippen molar-refractivity contribution < 1.29 is 30.0 Å². The monoisotopic (exact) mass is 567 g/mol. The van der Waals surface area contributed by atoms with Crippen LogP contribution in [0.3, 0.4) is 0 Å². The number of ketones is 1. The Hall–Kier alpha value is -2.29. The Morgan fingerprint density at radius 2 is 1.52 bits per heavy atom. The molecule has 0 fully saturated rings. The molecule has 2 aromatic carbocycles. The zero-order valence-electron chi connectivity index (χ0n) is 18.1. The Bertz CT molecular complexity index is 1040. The van der Waals surface area contributed by atoms with E-state index >= 15 is 0 Å². The molecule has 0 bridgehead atoms. The first-order chi connectivity index (χ1) is 13.1. The number of rotatable bonds is 2. The molecule has 0 saturated heterocycles. The number of allylic oxidation sites excluding steroid dienone is 2. The number of benzene rings is 2. The molecule has 1 aromatic heterocycles. The summed E-state index contributed by atoms with van der Waals surface area (Å²) in [4.78, 5) is 14.9. The van der Waals surface area contributed by atoms with Crippen molar-refractivity contribution in [2.75, 3.05) is 0 Å². The molecule has 3 rings (SSSR count). The van der Waals surface area contributed by atoms with Crippen LogP contribution in [0.2, 0.25) is 0 Å². The second-order valence-corrected chi connectivity index (χ2v) is 7.43. The number of hydrogen-bond acceptors (Lipinski definition) is 3. The van der Waals surface area contributed by atoms with Gasteiger partial charge >= 0.3 is 0 Å². The van der Waals surface area contributed by atoms with E-state index in [1.165, 1.54) is 47.6 Å². The van der Waals surface area contributed by atoms with Crippen molar-refractivity contribution in [2.45, 2.75) is 48.5 Å². The van der Waals surface area contributed by atoms with Crippen LogP contribution in [0.25, 0.3) is 22.2 Å². The van der Waals surface area contributed by atoms with Crippen LogP contribution in [0.4, 0.5) is 0 Å². The molecule has 1 heterocycles. The number of pyridine rings is 1. The summed E-state index contributed by atoms with van der Waals surface area (Å²) in [7, 11) is 0. The summed E-state index contributed by atoms with van der Waals surface area (Å²) in [5.41, 5.74) is 9.40. The third kappa shape index (κ3) is 6.92. The maximum atomic E-state index is 10.0. The molecule has 155 valence electrons. The molecule has 1 N–H and O–H groups in total. The average molecular weight is 567 g/mol. The molecular weight excluding hydrogens is 538 g/mol. The van der Waals surface area contributed by atoms with Crippen molar-refractivity contribution in [3.63, 3.8) is 0 Å². The molecule has 3 nitrogen and oxygen atoms in total. The third-order valence-corrected chi connectivity index (χ3v) is 4.44. The maximum absolute atomic E-state index is 10.0. The van der Waals surface area contributed by atoms with E-state index < -0.39 is 0 Å². The normalized spacial score (nSPS) is 10.8. The molecule has 0 saturated carbocycles. The van der Waals surface area contributed by atoms with E-state index in [0.717, 1.165) is 22.3 Å².